The van der Waals surface area contributed by atoms with E-state index >= 15 is 0 Å². The minimum absolute atomic E-state index is 0.0901. The number of hydrogen-bond acceptors (Lipinski definition) is 5. The van der Waals surface area contributed by atoms with Crippen molar-refractivity contribution in [1.82, 2.24) is 9.38 Å². The van der Waals surface area contributed by atoms with Crippen LogP contribution < -0.4 is 20.3 Å². The minimum Gasteiger partial charge on any atom is -0.485 e. The second-order valence-corrected chi connectivity index (χ2v) is 7.41. The molecule has 1 amide bonds. The number of pyridine rings is 1. The first kappa shape index (κ1) is 21.1. The Morgan fingerprint density at radius 3 is 2.59 bits per heavy atom. The number of benzene rings is 2. The van der Waals surface area contributed by atoms with Crippen molar-refractivity contribution < 1.29 is 14.3 Å². The van der Waals surface area contributed by atoms with Crippen LogP contribution in [0.1, 0.15) is 16.8 Å². The summed E-state index contributed by atoms with van der Waals surface area (Å²) in [4.78, 5) is 29.3. The van der Waals surface area contributed by atoms with Gasteiger partial charge in [-0.25, -0.2) is 4.98 Å². The number of nitrogens with zero attached hydrogens (tertiary/aromatic N) is 2. The van der Waals surface area contributed by atoms with E-state index in [9.17, 15) is 9.59 Å². The monoisotopic (exact) mass is 429 g/mol. The molecule has 0 unspecified atom stereocenters. The number of carbonyl (C=O) groups is 1. The van der Waals surface area contributed by atoms with E-state index in [2.05, 4.69) is 10.3 Å². The third-order valence-electron chi connectivity index (χ3n) is 4.87. The SMILES string of the molecule is Cc1ccc(OCC(=O)Nc2ccccc2OCc2cc(=O)n3cccc(C)c3n2)cc1. The van der Waals surface area contributed by atoms with Crippen LogP contribution in [0.25, 0.3) is 5.65 Å². The van der Waals surface area contributed by atoms with E-state index in [1.54, 1.807) is 30.5 Å². The molecular weight excluding hydrogens is 406 g/mol. The van der Waals surface area contributed by atoms with E-state index < -0.39 is 0 Å². The summed E-state index contributed by atoms with van der Waals surface area (Å²) in [6, 6.07) is 19.7. The molecular formula is C25H23N3O4. The van der Waals surface area contributed by atoms with Gasteiger partial charge in [0, 0.05) is 12.3 Å². The molecule has 4 rings (SSSR count). The van der Waals surface area contributed by atoms with Gasteiger partial charge in [-0.15, -0.1) is 0 Å². The number of hydrogen-bond donors (Lipinski definition) is 1. The number of carbonyl (C=O) groups excluding carboxylic acids is 1. The Hall–Kier alpha value is -4.13. The number of aromatic nitrogens is 2. The van der Waals surface area contributed by atoms with Gasteiger partial charge < -0.3 is 14.8 Å². The Morgan fingerprint density at radius 2 is 1.78 bits per heavy atom. The average molecular weight is 429 g/mol. The highest BCUT2D eigenvalue weighted by atomic mass is 16.5. The molecule has 162 valence electrons. The van der Waals surface area contributed by atoms with Gasteiger partial charge in [-0.3, -0.25) is 14.0 Å². The number of para-hydroxylation sites is 2. The topological polar surface area (TPSA) is 81.9 Å². The van der Waals surface area contributed by atoms with Crippen molar-refractivity contribution in [2.75, 3.05) is 11.9 Å². The highest BCUT2D eigenvalue weighted by Gasteiger charge is 2.10. The maximum Gasteiger partial charge on any atom is 0.262 e. The zero-order valence-electron chi connectivity index (χ0n) is 17.9. The van der Waals surface area contributed by atoms with Gasteiger partial charge in [-0.1, -0.05) is 35.9 Å². The van der Waals surface area contributed by atoms with Crippen LogP contribution in [0.4, 0.5) is 5.69 Å². The third-order valence-corrected chi connectivity index (χ3v) is 4.87. The van der Waals surface area contributed by atoms with E-state index in [1.165, 1.54) is 10.5 Å². The maximum atomic E-state index is 12.4. The number of ether oxygens (including phenoxy) is 2. The summed E-state index contributed by atoms with van der Waals surface area (Å²) in [6.45, 7) is 3.85. The second-order valence-electron chi connectivity index (χ2n) is 7.41. The molecule has 7 heteroatoms. The molecule has 0 radical (unpaired) electrons. The van der Waals surface area contributed by atoms with Gasteiger partial charge >= 0.3 is 0 Å². The summed E-state index contributed by atoms with van der Waals surface area (Å²) < 4.78 is 12.9. The fourth-order valence-corrected chi connectivity index (χ4v) is 3.20. The first-order valence-corrected chi connectivity index (χ1v) is 10.2. The van der Waals surface area contributed by atoms with Crippen LogP contribution in [0.2, 0.25) is 0 Å². The van der Waals surface area contributed by atoms with E-state index in [4.69, 9.17) is 9.47 Å². The molecule has 0 aliphatic heterocycles. The normalized spacial score (nSPS) is 10.7. The van der Waals surface area contributed by atoms with Crippen molar-refractivity contribution in [2.24, 2.45) is 0 Å². The molecule has 0 spiro atoms. The molecule has 2 heterocycles. The van der Waals surface area contributed by atoms with Crippen molar-refractivity contribution in [2.45, 2.75) is 20.5 Å². The first-order valence-electron chi connectivity index (χ1n) is 10.2. The van der Waals surface area contributed by atoms with Gasteiger partial charge in [0.05, 0.1) is 11.4 Å². The highest BCUT2D eigenvalue weighted by molar-refractivity contribution is 5.93. The number of fused-ring (bicyclic) bond motifs is 1. The zero-order chi connectivity index (χ0) is 22.5. The molecule has 0 saturated carbocycles. The Morgan fingerprint density at radius 1 is 1.00 bits per heavy atom. The van der Waals surface area contributed by atoms with Gasteiger partial charge in [0.2, 0.25) is 0 Å². The van der Waals surface area contributed by atoms with E-state index in [0.29, 0.717) is 28.5 Å². The summed E-state index contributed by atoms with van der Waals surface area (Å²) in [6.07, 6.45) is 1.69. The van der Waals surface area contributed by atoms with Crippen LogP contribution in [0.15, 0.2) is 77.7 Å². The predicted molar refractivity (Wildman–Crippen MR) is 122 cm³/mol. The molecule has 32 heavy (non-hydrogen) atoms. The van der Waals surface area contributed by atoms with Crippen molar-refractivity contribution in [3.63, 3.8) is 0 Å². The molecule has 0 aliphatic carbocycles. The molecule has 7 nitrogen and oxygen atoms in total. The predicted octanol–water partition coefficient (Wildman–Crippen LogP) is 3.91. The third kappa shape index (κ3) is 4.95. The Balaban J connectivity index is 1.43. The lowest BCUT2D eigenvalue weighted by atomic mass is 10.2. The number of rotatable bonds is 7. The van der Waals surface area contributed by atoms with Crippen molar-refractivity contribution in [3.05, 3.63) is 100 Å². The Bertz CT molecular complexity index is 1310. The second kappa shape index (κ2) is 9.34. The number of nitrogens with one attached hydrogen (secondary N) is 1. The standard InChI is InChI=1S/C25H23N3O4/c1-17-9-11-20(12-10-17)31-16-23(29)27-21-7-3-4-8-22(21)32-15-19-14-24(30)28-13-5-6-18(2)25(28)26-19/h3-14H,15-16H2,1-2H3,(H,27,29). The van der Waals surface area contributed by atoms with Gasteiger partial charge in [-0.2, -0.15) is 0 Å². The Labute approximate surface area is 185 Å². The number of aryl methyl sites for hydroxylation is 2. The molecule has 0 saturated heterocycles. The van der Waals surface area contributed by atoms with Crippen LogP contribution in [0.5, 0.6) is 11.5 Å². The van der Waals surface area contributed by atoms with E-state index in [0.717, 1.165) is 11.1 Å². The molecule has 1 N–H and O–H groups in total. The van der Waals surface area contributed by atoms with Crippen LogP contribution in [0.3, 0.4) is 0 Å². The smallest absolute Gasteiger partial charge is 0.262 e. The Kier molecular flexibility index (Phi) is 6.17. The zero-order valence-corrected chi connectivity index (χ0v) is 17.9. The van der Waals surface area contributed by atoms with Crippen molar-refractivity contribution in [3.8, 4) is 11.5 Å². The number of anilines is 1. The lowest BCUT2D eigenvalue weighted by Gasteiger charge is -2.13. The summed E-state index contributed by atoms with van der Waals surface area (Å²) in [5, 5.41) is 2.80. The molecule has 0 atom stereocenters. The van der Waals surface area contributed by atoms with Gasteiger partial charge in [0.15, 0.2) is 6.61 Å². The quantitative estimate of drug-likeness (QED) is 0.482. The summed E-state index contributed by atoms with van der Waals surface area (Å²) in [7, 11) is 0. The van der Waals surface area contributed by atoms with Gasteiger partial charge in [0.1, 0.15) is 23.8 Å². The van der Waals surface area contributed by atoms with Crippen LogP contribution in [0, 0.1) is 13.8 Å². The summed E-state index contributed by atoms with van der Waals surface area (Å²) >= 11 is 0. The maximum absolute atomic E-state index is 12.4. The summed E-state index contributed by atoms with van der Waals surface area (Å²) in [5.74, 6) is 0.793. The number of amides is 1. The lowest BCUT2D eigenvalue weighted by molar-refractivity contribution is -0.118. The van der Waals surface area contributed by atoms with Gasteiger partial charge in [0.25, 0.3) is 11.5 Å². The lowest BCUT2D eigenvalue weighted by Crippen LogP contribution is -2.20. The van der Waals surface area contributed by atoms with Crippen LogP contribution in [-0.2, 0) is 11.4 Å². The summed E-state index contributed by atoms with van der Waals surface area (Å²) in [5.41, 5.74) is 3.45. The van der Waals surface area contributed by atoms with Crippen molar-refractivity contribution >= 4 is 17.2 Å². The molecule has 0 aliphatic rings. The van der Waals surface area contributed by atoms with E-state index in [1.807, 2.05) is 50.2 Å². The largest absolute Gasteiger partial charge is 0.485 e. The minimum atomic E-state index is -0.306. The van der Waals surface area contributed by atoms with Crippen LogP contribution >= 0.6 is 0 Å². The molecule has 2 aromatic heterocycles. The van der Waals surface area contributed by atoms with E-state index in [-0.39, 0.29) is 24.7 Å². The first-order chi connectivity index (χ1) is 15.5. The molecule has 2 aromatic carbocycles. The highest BCUT2D eigenvalue weighted by Crippen LogP contribution is 2.24. The fourth-order valence-electron chi connectivity index (χ4n) is 3.20. The van der Waals surface area contributed by atoms with Crippen molar-refractivity contribution in [1.29, 1.82) is 0 Å². The van der Waals surface area contributed by atoms with Crippen LogP contribution in [-0.4, -0.2) is 21.9 Å². The molecule has 4 aromatic rings. The molecule has 0 fully saturated rings. The average Bonchev–Trinajstić information content (AvgIpc) is 2.79. The molecule has 0 bridgehead atoms. The fraction of sp³-hybridized carbons (Fsp3) is 0.160. The van der Waals surface area contributed by atoms with Gasteiger partial charge in [-0.05, 0) is 49.7 Å².